The molecule has 0 bridgehead atoms. The van der Waals surface area contributed by atoms with E-state index in [4.69, 9.17) is 32.7 Å². The molecule has 5 nitrogen and oxygen atoms in total. The summed E-state index contributed by atoms with van der Waals surface area (Å²) in [6, 6.07) is 35.4. The summed E-state index contributed by atoms with van der Waals surface area (Å²) in [5, 5.41) is 1.04. The van der Waals surface area contributed by atoms with Gasteiger partial charge in [0.1, 0.15) is 5.69 Å². The smallest absolute Gasteiger partial charge is 0.161 e. The summed E-state index contributed by atoms with van der Waals surface area (Å²) in [5.74, 6) is 7.44. The van der Waals surface area contributed by atoms with E-state index in [1.807, 2.05) is 112 Å². The first-order chi connectivity index (χ1) is 25.5. The third kappa shape index (κ3) is 13.8. The summed E-state index contributed by atoms with van der Waals surface area (Å²) in [4.78, 5) is 13.2. The molecule has 0 saturated carbocycles. The number of halogens is 2. The molecule has 6 rings (SSSR count). The largest absolute Gasteiger partial charge is 0.493 e. The van der Waals surface area contributed by atoms with Gasteiger partial charge in [-0.15, -0.1) is 0 Å². The lowest BCUT2D eigenvalue weighted by Crippen LogP contribution is -1.90. The maximum Gasteiger partial charge on any atom is 0.161 e. The van der Waals surface area contributed by atoms with Crippen LogP contribution in [-0.2, 0) is 0 Å². The van der Waals surface area contributed by atoms with E-state index >= 15 is 0 Å². The maximum absolute atomic E-state index is 5.91. The van der Waals surface area contributed by atoms with Crippen molar-refractivity contribution in [2.45, 2.75) is 34.6 Å². The second-order valence-corrected chi connectivity index (χ2v) is 13.0. The number of nitrogens with zero attached hydrogens (tertiary/aromatic N) is 3. The molecular weight excluding hydrogens is 697 g/mol. The highest BCUT2D eigenvalue weighted by atomic mass is 35.5. The van der Waals surface area contributed by atoms with E-state index in [0.29, 0.717) is 10.0 Å². The molecule has 53 heavy (non-hydrogen) atoms. The predicted molar refractivity (Wildman–Crippen MR) is 223 cm³/mol. The lowest BCUT2D eigenvalue weighted by atomic mass is 10.1. The lowest BCUT2D eigenvalue weighted by molar-refractivity contribution is 0.355. The molecule has 3 aromatic heterocycles. The second kappa shape index (κ2) is 20.4. The van der Waals surface area contributed by atoms with Gasteiger partial charge in [-0.1, -0.05) is 94.9 Å². The van der Waals surface area contributed by atoms with Crippen molar-refractivity contribution in [2.24, 2.45) is 0 Å². The number of rotatable bonds is 6. The molecule has 0 radical (unpaired) electrons. The Bertz CT molecular complexity index is 2250. The van der Waals surface area contributed by atoms with Crippen molar-refractivity contribution in [3.63, 3.8) is 0 Å². The number of aromatic nitrogens is 3. The summed E-state index contributed by atoms with van der Waals surface area (Å²) in [6.07, 6.45) is 8.15. The van der Waals surface area contributed by atoms with Crippen molar-refractivity contribution in [1.29, 1.82) is 0 Å². The van der Waals surface area contributed by atoms with Crippen molar-refractivity contribution in [3.05, 3.63) is 181 Å². The number of pyridine rings is 3. The summed E-state index contributed by atoms with van der Waals surface area (Å²) in [6.45, 7) is 10.2. The van der Waals surface area contributed by atoms with Crippen molar-refractivity contribution in [2.75, 3.05) is 14.2 Å². The Kier molecular flexibility index (Phi) is 15.4. The van der Waals surface area contributed by atoms with E-state index in [0.717, 1.165) is 56.8 Å². The molecule has 0 N–H and O–H groups in total. The molecule has 3 aromatic carbocycles. The molecule has 6 aromatic rings. The van der Waals surface area contributed by atoms with Gasteiger partial charge in [0.2, 0.25) is 0 Å². The zero-order valence-electron chi connectivity index (χ0n) is 31.1. The van der Waals surface area contributed by atoms with Crippen molar-refractivity contribution < 1.29 is 9.47 Å². The minimum absolute atomic E-state index is 0.510. The Morgan fingerprint density at radius 2 is 1.06 bits per heavy atom. The normalized spacial score (nSPS) is 10.4. The summed E-state index contributed by atoms with van der Waals surface area (Å²) >= 11 is 11.7. The van der Waals surface area contributed by atoms with Gasteiger partial charge in [0, 0.05) is 22.6 Å². The van der Waals surface area contributed by atoms with Crippen LogP contribution in [0.4, 0.5) is 0 Å². The minimum atomic E-state index is 0.510. The van der Waals surface area contributed by atoms with Gasteiger partial charge in [0.15, 0.2) is 11.5 Å². The minimum Gasteiger partial charge on any atom is -0.493 e. The van der Waals surface area contributed by atoms with Crippen LogP contribution in [0.5, 0.6) is 11.5 Å². The molecule has 0 aliphatic carbocycles. The molecule has 0 unspecified atom stereocenters. The van der Waals surface area contributed by atoms with Gasteiger partial charge < -0.3 is 9.47 Å². The Morgan fingerprint density at radius 1 is 0.491 bits per heavy atom. The fraction of sp³-hybridized carbons (Fsp3) is 0.152. The topological polar surface area (TPSA) is 57.1 Å². The van der Waals surface area contributed by atoms with E-state index < -0.39 is 0 Å². The van der Waals surface area contributed by atoms with E-state index in [1.54, 1.807) is 26.4 Å². The molecule has 3 heterocycles. The number of benzene rings is 3. The number of aryl methyl sites for hydroxylation is 5. The van der Waals surface area contributed by atoms with Crippen LogP contribution in [0, 0.1) is 46.5 Å². The number of hydrogen-bond donors (Lipinski definition) is 0. The van der Waals surface area contributed by atoms with Crippen molar-refractivity contribution in [3.8, 4) is 23.3 Å². The molecule has 0 spiro atoms. The fourth-order valence-corrected chi connectivity index (χ4v) is 5.36. The third-order valence-electron chi connectivity index (χ3n) is 7.51. The van der Waals surface area contributed by atoms with Gasteiger partial charge in [-0.2, -0.15) is 0 Å². The molecule has 0 amide bonds. The average Bonchev–Trinajstić information content (AvgIpc) is 3.14. The van der Waals surface area contributed by atoms with Crippen LogP contribution in [0.3, 0.4) is 0 Å². The first-order valence-electron chi connectivity index (χ1n) is 17.0. The van der Waals surface area contributed by atoms with Crippen molar-refractivity contribution >= 4 is 47.5 Å². The van der Waals surface area contributed by atoms with Gasteiger partial charge in [-0.3, -0.25) is 9.97 Å². The van der Waals surface area contributed by atoms with Crippen LogP contribution in [0.1, 0.15) is 62.0 Å². The van der Waals surface area contributed by atoms with Gasteiger partial charge in [0.25, 0.3) is 0 Å². The first-order valence-corrected chi connectivity index (χ1v) is 17.7. The Morgan fingerprint density at radius 3 is 1.60 bits per heavy atom. The maximum atomic E-state index is 5.91. The van der Waals surface area contributed by atoms with E-state index in [2.05, 4.69) is 71.0 Å². The van der Waals surface area contributed by atoms with Gasteiger partial charge >= 0.3 is 0 Å². The second-order valence-electron chi connectivity index (χ2n) is 12.2. The Balaban J connectivity index is 0.000000178. The van der Waals surface area contributed by atoms with Crippen molar-refractivity contribution in [1.82, 2.24) is 15.0 Å². The first kappa shape index (κ1) is 40.1. The predicted octanol–water partition coefficient (Wildman–Crippen LogP) is 11.9. The van der Waals surface area contributed by atoms with E-state index in [1.165, 1.54) is 16.7 Å². The van der Waals surface area contributed by atoms with Gasteiger partial charge in [-0.25, -0.2) is 4.98 Å². The monoisotopic (exact) mass is 739 g/mol. The fourth-order valence-electron chi connectivity index (χ4n) is 5.06. The molecule has 0 aliphatic rings. The molecule has 0 atom stereocenters. The molecule has 268 valence electrons. The van der Waals surface area contributed by atoms with Crippen LogP contribution in [0.25, 0.3) is 24.3 Å². The molecular formula is C46H43Cl2N3O2. The number of methoxy groups -OCH3 is 2. The highest BCUT2D eigenvalue weighted by Gasteiger charge is 2.03. The number of ether oxygens (including phenoxy) is 2. The summed E-state index contributed by atoms with van der Waals surface area (Å²) < 4.78 is 10.5. The zero-order valence-corrected chi connectivity index (χ0v) is 32.6. The SMILES string of the molecule is COc1ccc(C=Cc2cccc(C)n2)cc1OC.Cc1cc(C)cc(C=Cc2cccc(C)n2)c1.Cc1cccc(C#Cc2ccc(Cl)c(Cl)c2)n1. The molecule has 7 heteroatoms. The highest BCUT2D eigenvalue weighted by Crippen LogP contribution is 2.28. The van der Waals surface area contributed by atoms with Gasteiger partial charge in [0.05, 0.1) is 35.7 Å². The summed E-state index contributed by atoms with van der Waals surface area (Å²) in [5.41, 5.74) is 11.4. The van der Waals surface area contributed by atoms with Crippen LogP contribution in [-0.4, -0.2) is 29.2 Å². The van der Waals surface area contributed by atoms with Crippen LogP contribution in [0.15, 0.2) is 109 Å². The van der Waals surface area contributed by atoms with E-state index in [9.17, 15) is 0 Å². The van der Waals surface area contributed by atoms with Gasteiger partial charge in [-0.05, 0) is 131 Å². The Labute approximate surface area is 324 Å². The van der Waals surface area contributed by atoms with E-state index in [-0.39, 0.29) is 0 Å². The zero-order chi connectivity index (χ0) is 38.2. The van der Waals surface area contributed by atoms with Crippen LogP contribution in [0.2, 0.25) is 10.0 Å². The number of hydrogen-bond acceptors (Lipinski definition) is 5. The average molecular weight is 741 g/mol. The lowest BCUT2D eigenvalue weighted by Gasteiger charge is -2.07. The quantitative estimate of drug-likeness (QED) is 0.159. The highest BCUT2D eigenvalue weighted by molar-refractivity contribution is 6.42. The third-order valence-corrected chi connectivity index (χ3v) is 8.25. The molecule has 0 saturated heterocycles. The Hall–Kier alpha value is -5.67. The standard InChI is InChI=1S/C16H17NO2.C16H17N.C14H9Cl2N/c1-12-5-4-6-14(17-12)9-7-13-8-10-15(18-2)16(11-13)19-3;1-12-9-13(2)11-15(10-12)7-8-16-6-4-5-14(3)17-16;1-10-3-2-4-12(17-10)7-5-11-6-8-13(15)14(16)9-11/h4-11H,1-3H3;4-11H,1-3H3;2-4,6,8-9H,1H3. The molecule has 0 aliphatic heterocycles. The van der Waals surface area contributed by atoms with Crippen LogP contribution >= 0.6 is 23.2 Å². The molecule has 0 fully saturated rings. The summed E-state index contributed by atoms with van der Waals surface area (Å²) in [7, 11) is 3.26. The van der Waals surface area contributed by atoms with Crippen LogP contribution < -0.4 is 9.47 Å².